The molecule has 1 rings (SSSR count). The number of hydrogen-bond acceptors (Lipinski definition) is 7. The van der Waals surface area contributed by atoms with Crippen molar-refractivity contribution in [3.63, 3.8) is 0 Å². The van der Waals surface area contributed by atoms with Crippen LogP contribution < -0.4 is 10.6 Å². The number of nitrogens with one attached hydrogen (secondary N) is 2. The summed E-state index contributed by atoms with van der Waals surface area (Å²) in [7, 11) is 0. The third kappa shape index (κ3) is 12.2. The Morgan fingerprint density at radius 3 is 2.12 bits per heavy atom. The van der Waals surface area contributed by atoms with Gasteiger partial charge < -0.3 is 25.0 Å². The van der Waals surface area contributed by atoms with Crippen molar-refractivity contribution in [3.05, 3.63) is 35.4 Å². The maximum Gasteiger partial charge on any atom is 0.408 e. The van der Waals surface area contributed by atoms with Gasteiger partial charge in [-0.1, -0.05) is 45.0 Å². The third-order valence-electron chi connectivity index (χ3n) is 6.23. The summed E-state index contributed by atoms with van der Waals surface area (Å²) in [6.45, 7) is 15.4. The molecule has 3 unspecified atom stereocenters. The van der Waals surface area contributed by atoms with Crippen molar-refractivity contribution in [2.24, 2.45) is 5.92 Å². The molecule has 226 valence electrons. The third-order valence-corrected chi connectivity index (χ3v) is 6.59. The Hall–Kier alpha value is -2.75. The molecular formula is C30H49N3O6S. The van der Waals surface area contributed by atoms with E-state index in [2.05, 4.69) is 37.1 Å². The molecule has 0 heterocycles. The van der Waals surface area contributed by atoms with Crippen LogP contribution >= 0.6 is 12.6 Å². The van der Waals surface area contributed by atoms with Crippen molar-refractivity contribution in [2.45, 2.75) is 105 Å². The minimum absolute atomic E-state index is 0.0113. The number of carbonyl (C=O) groups is 4. The zero-order valence-electron chi connectivity index (χ0n) is 25.4. The van der Waals surface area contributed by atoms with E-state index in [9.17, 15) is 19.2 Å². The van der Waals surface area contributed by atoms with E-state index in [1.54, 1.807) is 32.6 Å². The minimum atomic E-state index is -1.02. The van der Waals surface area contributed by atoms with Crippen molar-refractivity contribution < 1.29 is 28.7 Å². The number of nitrogens with zero attached hydrogens (tertiary/aromatic N) is 1. The smallest absolute Gasteiger partial charge is 0.408 e. The number of benzene rings is 1. The molecule has 0 aliphatic heterocycles. The van der Waals surface area contributed by atoms with E-state index >= 15 is 0 Å². The number of rotatable bonds is 15. The number of aryl methyl sites for hydroxylation is 1. The number of carbonyl (C=O) groups excluding carboxylic acids is 4. The number of thiol groups is 1. The van der Waals surface area contributed by atoms with Gasteiger partial charge in [0.25, 0.3) is 0 Å². The van der Waals surface area contributed by atoms with Crippen LogP contribution in [0.15, 0.2) is 24.3 Å². The van der Waals surface area contributed by atoms with Crippen LogP contribution in [0.5, 0.6) is 0 Å². The van der Waals surface area contributed by atoms with Gasteiger partial charge in [-0.05, 0) is 70.9 Å². The molecule has 3 amide bonds. The summed E-state index contributed by atoms with van der Waals surface area (Å²) in [6.07, 6.45) is 1.58. The van der Waals surface area contributed by atoms with E-state index in [1.165, 1.54) is 0 Å². The fraction of sp³-hybridized carbons (Fsp3) is 0.667. The standard InChI is InChI=1S/C30H49N3O6S/c1-9-22-13-15-23(16-14-22)26(27(35)31-18-17-25(34)38-10-2)33(21(5)12-11-20(3)4)28(36)24(19-40)32-29(37)39-30(6,7)8/h13-16,20-21,24,26,40H,9-12,17-19H2,1-8H3,(H,31,35)(H,32,37). The zero-order valence-corrected chi connectivity index (χ0v) is 26.3. The molecule has 1 aromatic carbocycles. The molecule has 0 spiro atoms. The number of hydrogen-bond donors (Lipinski definition) is 3. The van der Waals surface area contributed by atoms with E-state index in [-0.39, 0.29) is 31.4 Å². The summed E-state index contributed by atoms with van der Waals surface area (Å²) >= 11 is 4.35. The molecule has 0 aliphatic carbocycles. The maximum atomic E-state index is 14.1. The Labute approximate surface area is 245 Å². The topological polar surface area (TPSA) is 114 Å². The van der Waals surface area contributed by atoms with E-state index in [4.69, 9.17) is 9.47 Å². The first-order valence-corrected chi connectivity index (χ1v) is 14.8. The Morgan fingerprint density at radius 2 is 1.62 bits per heavy atom. The van der Waals surface area contributed by atoms with Crippen LogP contribution in [0.1, 0.15) is 91.8 Å². The molecule has 0 aliphatic rings. The lowest BCUT2D eigenvalue weighted by Gasteiger charge is -2.38. The highest BCUT2D eigenvalue weighted by molar-refractivity contribution is 7.80. The van der Waals surface area contributed by atoms with Crippen molar-refractivity contribution >= 4 is 36.5 Å². The average Bonchev–Trinajstić information content (AvgIpc) is 2.87. The normalized spacial score (nSPS) is 13.7. The first-order chi connectivity index (χ1) is 18.7. The molecule has 0 radical (unpaired) electrons. The second-order valence-corrected chi connectivity index (χ2v) is 11.7. The first-order valence-electron chi connectivity index (χ1n) is 14.2. The van der Waals surface area contributed by atoms with E-state index in [0.29, 0.717) is 17.9 Å². The fourth-order valence-corrected chi connectivity index (χ4v) is 4.37. The maximum absolute atomic E-state index is 14.1. The molecule has 9 nitrogen and oxygen atoms in total. The van der Waals surface area contributed by atoms with Gasteiger partial charge in [0.2, 0.25) is 11.8 Å². The molecule has 3 atom stereocenters. The van der Waals surface area contributed by atoms with Crippen molar-refractivity contribution in [2.75, 3.05) is 18.9 Å². The molecule has 0 bridgehead atoms. The second-order valence-electron chi connectivity index (χ2n) is 11.3. The van der Waals surface area contributed by atoms with Crippen LogP contribution in [0, 0.1) is 5.92 Å². The molecule has 10 heteroatoms. The molecule has 1 aromatic rings. The van der Waals surface area contributed by atoms with E-state index in [1.807, 2.05) is 38.1 Å². The van der Waals surface area contributed by atoms with E-state index < -0.39 is 41.6 Å². The van der Waals surface area contributed by atoms with Crippen molar-refractivity contribution in [1.29, 1.82) is 0 Å². The van der Waals surface area contributed by atoms with Crippen molar-refractivity contribution in [3.8, 4) is 0 Å². The lowest BCUT2D eigenvalue weighted by Crippen LogP contribution is -2.56. The highest BCUT2D eigenvalue weighted by Crippen LogP contribution is 2.28. The highest BCUT2D eigenvalue weighted by Gasteiger charge is 2.38. The molecule has 0 saturated heterocycles. The molecule has 2 N–H and O–H groups in total. The van der Waals surface area contributed by atoms with Gasteiger partial charge in [-0.15, -0.1) is 0 Å². The largest absolute Gasteiger partial charge is 0.466 e. The monoisotopic (exact) mass is 579 g/mol. The number of amides is 3. The second kappa shape index (κ2) is 17.1. The summed E-state index contributed by atoms with van der Waals surface area (Å²) in [5, 5.41) is 5.46. The summed E-state index contributed by atoms with van der Waals surface area (Å²) in [5.74, 6) is -0.879. The Morgan fingerprint density at radius 1 is 1.00 bits per heavy atom. The molecule has 40 heavy (non-hydrogen) atoms. The summed E-state index contributed by atoms with van der Waals surface area (Å²) in [4.78, 5) is 53.9. The molecular weight excluding hydrogens is 530 g/mol. The van der Waals surface area contributed by atoms with E-state index in [0.717, 1.165) is 18.4 Å². The first kappa shape index (κ1) is 35.3. The molecule has 0 aromatic heterocycles. The van der Waals surface area contributed by atoms with Crippen molar-refractivity contribution in [1.82, 2.24) is 15.5 Å². The van der Waals surface area contributed by atoms with Gasteiger partial charge in [-0.25, -0.2) is 4.79 Å². The van der Waals surface area contributed by atoms with Gasteiger partial charge in [0.1, 0.15) is 17.7 Å². The van der Waals surface area contributed by atoms with Gasteiger partial charge in [0.15, 0.2) is 0 Å². The summed E-state index contributed by atoms with van der Waals surface area (Å²) in [6, 6.07) is 5.20. The zero-order chi connectivity index (χ0) is 30.5. The lowest BCUT2D eigenvalue weighted by molar-refractivity contribution is -0.145. The quantitative estimate of drug-likeness (QED) is 0.203. The van der Waals surface area contributed by atoms with Gasteiger partial charge in [-0.3, -0.25) is 14.4 Å². The van der Waals surface area contributed by atoms with Crippen LogP contribution in [0.4, 0.5) is 4.79 Å². The minimum Gasteiger partial charge on any atom is -0.466 e. The fourth-order valence-electron chi connectivity index (χ4n) is 4.12. The molecule has 0 fully saturated rings. The Balaban J connectivity index is 3.48. The number of ether oxygens (including phenoxy) is 2. The predicted octanol–water partition coefficient (Wildman–Crippen LogP) is 4.84. The van der Waals surface area contributed by atoms with Crippen LogP contribution in [-0.4, -0.2) is 65.4 Å². The highest BCUT2D eigenvalue weighted by atomic mass is 32.1. The SMILES string of the molecule is CCOC(=O)CCNC(=O)C(c1ccc(CC)cc1)N(C(=O)C(CS)NC(=O)OC(C)(C)C)C(C)CCC(C)C. The van der Waals surface area contributed by atoms with Crippen LogP contribution in [-0.2, 0) is 30.3 Å². The van der Waals surface area contributed by atoms with Crippen LogP contribution in [0.3, 0.4) is 0 Å². The lowest BCUT2D eigenvalue weighted by atomic mass is 9.96. The summed E-state index contributed by atoms with van der Waals surface area (Å²) in [5.41, 5.74) is 0.975. The van der Waals surface area contributed by atoms with Crippen LogP contribution in [0.25, 0.3) is 0 Å². The van der Waals surface area contributed by atoms with Gasteiger partial charge in [-0.2, -0.15) is 12.6 Å². The Kier molecular flexibility index (Phi) is 15.1. The van der Waals surface area contributed by atoms with Gasteiger partial charge in [0, 0.05) is 18.3 Å². The Bertz CT molecular complexity index is 961. The molecule has 0 saturated carbocycles. The number of alkyl carbamates (subject to hydrolysis) is 1. The summed E-state index contributed by atoms with van der Waals surface area (Å²) < 4.78 is 10.3. The van der Waals surface area contributed by atoms with Gasteiger partial charge >= 0.3 is 12.1 Å². The van der Waals surface area contributed by atoms with Crippen LogP contribution in [0.2, 0.25) is 0 Å². The average molecular weight is 580 g/mol. The van der Waals surface area contributed by atoms with Gasteiger partial charge in [0.05, 0.1) is 13.0 Å². The predicted molar refractivity (Wildman–Crippen MR) is 160 cm³/mol. The number of esters is 1.